The Hall–Kier alpha value is -2.26. The minimum absolute atomic E-state index is 0.247. The van der Waals surface area contributed by atoms with E-state index in [1.165, 1.54) is 6.08 Å². The van der Waals surface area contributed by atoms with Crippen LogP contribution in [0.15, 0.2) is 61.2 Å². The molecule has 0 aliphatic carbocycles. The van der Waals surface area contributed by atoms with Crippen LogP contribution in [0.1, 0.15) is 0 Å². The van der Waals surface area contributed by atoms with Crippen LogP contribution in [0.25, 0.3) is 0 Å². The molecular formula is C15H12ClNO2. The van der Waals surface area contributed by atoms with Crippen LogP contribution in [0.5, 0.6) is 11.5 Å². The van der Waals surface area contributed by atoms with Gasteiger partial charge >= 0.3 is 0 Å². The van der Waals surface area contributed by atoms with Gasteiger partial charge in [-0.05, 0) is 48.5 Å². The van der Waals surface area contributed by atoms with Crippen LogP contribution in [0, 0.1) is 0 Å². The van der Waals surface area contributed by atoms with Gasteiger partial charge in [0, 0.05) is 10.7 Å². The van der Waals surface area contributed by atoms with Gasteiger partial charge < -0.3 is 10.1 Å². The predicted octanol–water partition coefficient (Wildman–Crippen LogP) is 4.26. The Morgan fingerprint density at radius 3 is 2.53 bits per heavy atom. The maximum absolute atomic E-state index is 11.1. The highest BCUT2D eigenvalue weighted by atomic mass is 35.5. The second-order valence-electron chi connectivity index (χ2n) is 3.78. The summed E-state index contributed by atoms with van der Waals surface area (Å²) in [7, 11) is 0. The summed E-state index contributed by atoms with van der Waals surface area (Å²) < 4.78 is 5.63. The molecule has 2 rings (SSSR count). The van der Waals surface area contributed by atoms with Gasteiger partial charge in [0.05, 0.1) is 0 Å². The van der Waals surface area contributed by atoms with E-state index in [0.29, 0.717) is 22.2 Å². The lowest BCUT2D eigenvalue weighted by atomic mass is 10.3. The number of amides is 1. The van der Waals surface area contributed by atoms with Crippen LogP contribution in [0.3, 0.4) is 0 Å². The van der Waals surface area contributed by atoms with E-state index in [1.54, 1.807) is 36.4 Å². The first-order valence-electron chi connectivity index (χ1n) is 5.64. The van der Waals surface area contributed by atoms with Crippen molar-refractivity contribution in [2.45, 2.75) is 0 Å². The number of ether oxygens (including phenoxy) is 1. The van der Waals surface area contributed by atoms with E-state index >= 15 is 0 Å². The van der Waals surface area contributed by atoms with E-state index in [0.717, 1.165) is 0 Å². The molecule has 0 spiro atoms. The molecule has 0 heterocycles. The first kappa shape index (κ1) is 13.2. The number of anilines is 1. The van der Waals surface area contributed by atoms with Gasteiger partial charge in [0.25, 0.3) is 0 Å². The van der Waals surface area contributed by atoms with E-state index in [9.17, 15) is 4.79 Å². The van der Waals surface area contributed by atoms with E-state index in [1.807, 2.05) is 12.1 Å². The first-order chi connectivity index (χ1) is 9.17. The van der Waals surface area contributed by atoms with Crippen molar-refractivity contribution in [3.8, 4) is 11.5 Å². The Bertz CT molecular complexity index is 593. The Balaban J connectivity index is 2.06. The van der Waals surface area contributed by atoms with Gasteiger partial charge in [0.2, 0.25) is 5.91 Å². The number of rotatable bonds is 4. The number of nitrogens with one attached hydrogen (secondary N) is 1. The zero-order valence-corrected chi connectivity index (χ0v) is 10.9. The fourth-order valence-electron chi connectivity index (χ4n) is 1.47. The quantitative estimate of drug-likeness (QED) is 0.846. The molecule has 2 aromatic carbocycles. The second kappa shape index (κ2) is 6.07. The van der Waals surface area contributed by atoms with Gasteiger partial charge in [-0.25, -0.2) is 0 Å². The zero-order chi connectivity index (χ0) is 13.7. The molecule has 0 saturated carbocycles. The number of hydrogen-bond donors (Lipinski definition) is 1. The Morgan fingerprint density at radius 2 is 1.89 bits per heavy atom. The molecule has 1 amide bonds. The van der Waals surface area contributed by atoms with Gasteiger partial charge in [0.1, 0.15) is 11.5 Å². The molecule has 0 fully saturated rings. The molecule has 0 unspecified atom stereocenters. The smallest absolute Gasteiger partial charge is 0.247 e. The SMILES string of the molecule is C=CC(=O)Nc1ccc(Oc2cccc(Cl)c2)cc1. The summed E-state index contributed by atoms with van der Waals surface area (Å²) in [4.78, 5) is 11.1. The average Bonchev–Trinajstić information content (AvgIpc) is 2.41. The summed E-state index contributed by atoms with van der Waals surface area (Å²) in [6.45, 7) is 3.39. The summed E-state index contributed by atoms with van der Waals surface area (Å²) in [6, 6.07) is 14.2. The summed E-state index contributed by atoms with van der Waals surface area (Å²) in [6.07, 6.45) is 1.22. The van der Waals surface area contributed by atoms with Gasteiger partial charge in [0.15, 0.2) is 0 Å². The normalized spacial score (nSPS) is 9.74. The third-order valence-electron chi connectivity index (χ3n) is 2.34. The van der Waals surface area contributed by atoms with Crippen molar-refractivity contribution in [1.82, 2.24) is 0 Å². The fraction of sp³-hybridized carbons (Fsp3) is 0. The minimum atomic E-state index is -0.247. The molecule has 0 aromatic heterocycles. The molecule has 0 saturated heterocycles. The third-order valence-corrected chi connectivity index (χ3v) is 2.57. The van der Waals surface area contributed by atoms with Crippen molar-refractivity contribution in [1.29, 1.82) is 0 Å². The number of benzene rings is 2. The topological polar surface area (TPSA) is 38.3 Å². The zero-order valence-electron chi connectivity index (χ0n) is 10.1. The highest BCUT2D eigenvalue weighted by molar-refractivity contribution is 6.30. The molecule has 2 aromatic rings. The lowest BCUT2D eigenvalue weighted by Gasteiger charge is -2.07. The molecule has 0 aliphatic rings. The molecule has 0 atom stereocenters. The molecule has 0 aliphatic heterocycles. The predicted molar refractivity (Wildman–Crippen MR) is 76.8 cm³/mol. The molecule has 4 heteroatoms. The number of carbonyl (C=O) groups excluding carboxylic acids is 1. The largest absolute Gasteiger partial charge is 0.457 e. The first-order valence-corrected chi connectivity index (χ1v) is 6.02. The summed E-state index contributed by atoms with van der Waals surface area (Å²) >= 11 is 5.87. The van der Waals surface area contributed by atoms with E-state index in [4.69, 9.17) is 16.3 Å². The summed E-state index contributed by atoms with van der Waals surface area (Å²) in [5.41, 5.74) is 0.684. The number of halogens is 1. The molecule has 3 nitrogen and oxygen atoms in total. The van der Waals surface area contributed by atoms with Gasteiger partial charge in [-0.15, -0.1) is 0 Å². The third kappa shape index (κ3) is 3.86. The monoisotopic (exact) mass is 273 g/mol. The van der Waals surface area contributed by atoms with E-state index in [-0.39, 0.29) is 5.91 Å². The second-order valence-corrected chi connectivity index (χ2v) is 4.21. The van der Waals surface area contributed by atoms with Crippen LogP contribution in [0.2, 0.25) is 5.02 Å². The maximum atomic E-state index is 11.1. The Morgan fingerprint density at radius 1 is 1.16 bits per heavy atom. The van der Waals surface area contributed by atoms with Crippen LogP contribution in [-0.4, -0.2) is 5.91 Å². The Labute approximate surface area is 116 Å². The van der Waals surface area contributed by atoms with Gasteiger partial charge in [-0.3, -0.25) is 4.79 Å². The molecule has 0 radical (unpaired) electrons. The van der Waals surface area contributed by atoms with Crippen LogP contribution >= 0.6 is 11.6 Å². The highest BCUT2D eigenvalue weighted by Gasteiger charge is 2.00. The number of hydrogen-bond acceptors (Lipinski definition) is 2. The Kier molecular flexibility index (Phi) is 4.21. The van der Waals surface area contributed by atoms with Crippen LogP contribution < -0.4 is 10.1 Å². The summed E-state index contributed by atoms with van der Waals surface area (Å²) in [5, 5.41) is 3.28. The van der Waals surface area contributed by atoms with Crippen LogP contribution in [-0.2, 0) is 4.79 Å². The van der Waals surface area contributed by atoms with Crippen molar-refractivity contribution in [3.63, 3.8) is 0 Å². The van der Waals surface area contributed by atoms with Crippen molar-refractivity contribution < 1.29 is 9.53 Å². The fourth-order valence-corrected chi connectivity index (χ4v) is 1.65. The molecule has 1 N–H and O–H groups in total. The van der Waals surface area contributed by atoms with Crippen molar-refractivity contribution in [3.05, 3.63) is 66.2 Å². The van der Waals surface area contributed by atoms with Crippen LogP contribution in [0.4, 0.5) is 5.69 Å². The number of carbonyl (C=O) groups is 1. The van der Waals surface area contributed by atoms with Gasteiger partial charge in [-0.1, -0.05) is 24.2 Å². The maximum Gasteiger partial charge on any atom is 0.247 e. The lowest BCUT2D eigenvalue weighted by Crippen LogP contribution is -2.06. The van der Waals surface area contributed by atoms with Crippen molar-refractivity contribution >= 4 is 23.2 Å². The van der Waals surface area contributed by atoms with E-state index in [2.05, 4.69) is 11.9 Å². The molecule has 96 valence electrons. The van der Waals surface area contributed by atoms with Gasteiger partial charge in [-0.2, -0.15) is 0 Å². The molecule has 19 heavy (non-hydrogen) atoms. The molecular weight excluding hydrogens is 262 g/mol. The minimum Gasteiger partial charge on any atom is -0.457 e. The lowest BCUT2D eigenvalue weighted by molar-refractivity contribution is -0.111. The molecule has 0 bridgehead atoms. The van der Waals surface area contributed by atoms with Crippen molar-refractivity contribution in [2.75, 3.05) is 5.32 Å². The van der Waals surface area contributed by atoms with E-state index < -0.39 is 0 Å². The summed E-state index contributed by atoms with van der Waals surface area (Å²) in [5.74, 6) is 1.08. The average molecular weight is 274 g/mol. The van der Waals surface area contributed by atoms with Crippen molar-refractivity contribution in [2.24, 2.45) is 0 Å². The standard InChI is InChI=1S/C15H12ClNO2/c1-2-15(18)17-12-6-8-13(9-7-12)19-14-5-3-4-11(16)10-14/h2-10H,1H2,(H,17,18). The highest BCUT2D eigenvalue weighted by Crippen LogP contribution is 2.25.